The molecule has 0 N–H and O–H groups in total. The van der Waals surface area contributed by atoms with Gasteiger partial charge in [-0.1, -0.05) is 29.8 Å². The third-order valence-electron chi connectivity index (χ3n) is 2.43. The molecule has 0 aromatic heterocycles. The van der Waals surface area contributed by atoms with Crippen LogP contribution < -0.4 is 0 Å². The van der Waals surface area contributed by atoms with Gasteiger partial charge in [-0.15, -0.1) is 0 Å². The van der Waals surface area contributed by atoms with E-state index >= 15 is 0 Å². The summed E-state index contributed by atoms with van der Waals surface area (Å²) in [4.78, 5) is 14.1. The fourth-order valence-corrected chi connectivity index (χ4v) is 2.84. The molecule has 1 rings (SSSR count). The average Bonchev–Trinajstić information content (AvgIpc) is 2.03. The number of hydrogen-bond acceptors (Lipinski definition) is 1. The van der Waals surface area contributed by atoms with Crippen molar-refractivity contribution in [3.63, 3.8) is 0 Å². The minimum atomic E-state index is 0.318. The Hall–Kier alpha value is -0.0500. The van der Waals surface area contributed by atoms with Gasteiger partial charge in [0.1, 0.15) is 0 Å². The van der Waals surface area contributed by atoms with Crippen LogP contribution in [0.3, 0.4) is 0 Å². The molecule has 2 atom stereocenters. The summed E-state index contributed by atoms with van der Waals surface area (Å²) in [5.41, 5.74) is 0. The van der Waals surface area contributed by atoms with E-state index in [0.29, 0.717) is 23.1 Å². The fourth-order valence-electron chi connectivity index (χ4n) is 1.85. The lowest BCUT2D eigenvalue weighted by molar-refractivity contribution is -0.132. The van der Waals surface area contributed by atoms with Crippen molar-refractivity contribution in [1.82, 2.24) is 4.90 Å². The Kier molecular flexibility index (Phi) is 4.23. The van der Waals surface area contributed by atoms with Gasteiger partial charge in [-0.2, -0.15) is 0 Å². The van der Waals surface area contributed by atoms with Gasteiger partial charge >= 0.3 is 0 Å². The van der Waals surface area contributed by atoms with E-state index in [2.05, 4.69) is 29.8 Å². The first-order valence-electron chi connectivity index (χ1n) is 5.05. The molecule has 1 fully saturated rings. The van der Waals surface area contributed by atoms with Gasteiger partial charge in [-0.25, -0.2) is 0 Å². The van der Waals surface area contributed by atoms with Crippen molar-refractivity contribution >= 4 is 21.8 Å². The molecule has 0 saturated carbocycles. The Morgan fingerprint density at radius 1 is 1.54 bits per heavy atom. The monoisotopic (exact) mass is 247 g/mol. The van der Waals surface area contributed by atoms with Gasteiger partial charge in [-0.05, 0) is 18.8 Å². The van der Waals surface area contributed by atoms with Gasteiger partial charge in [0.15, 0.2) is 0 Å². The van der Waals surface area contributed by atoms with Gasteiger partial charge in [-0.3, -0.25) is 4.79 Å². The standard InChI is InChI=1S/C10H18BrNO/c1-3-4-10(13)12-6-8(2)5-9(11)7-12/h8-9H,3-7H2,1-2H3. The number of amides is 1. The lowest BCUT2D eigenvalue weighted by atomic mass is 10.00. The van der Waals surface area contributed by atoms with Crippen LogP contribution in [0.4, 0.5) is 0 Å². The molecule has 1 heterocycles. The first-order chi connectivity index (χ1) is 6.13. The van der Waals surface area contributed by atoms with E-state index in [1.807, 2.05) is 4.90 Å². The highest BCUT2D eigenvalue weighted by atomic mass is 79.9. The van der Waals surface area contributed by atoms with Crippen molar-refractivity contribution in [2.75, 3.05) is 13.1 Å². The number of alkyl halides is 1. The van der Waals surface area contributed by atoms with Crippen LogP contribution >= 0.6 is 15.9 Å². The molecule has 0 spiro atoms. The Balaban J connectivity index is 2.45. The largest absolute Gasteiger partial charge is 0.341 e. The molecule has 76 valence electrons. The summed E-state index contributed by atoms with van der Waals surface area (Å²) < 4.78 is 0. The molecule has 0 bridgehead atoms. The van der Waals surface area contributed by atoms with Crippen LogP contribution in [0.15, 0.2) is 0 Å². The lowest BCUT2D eigenvalue weighted by Crippen LogP contribution is -2.43. The Morgan fingerprint density at radius 2 is 2.23 bits per heavy atom. The summed E-state index contributed by atoms with van der Waals surface area (Å²) in [6.07, 6.45) is 2.85. The molecular weight excluding hydrogens is 230 g/mol. The van der Waals surface area contributed by atoms with Crippen molar-refractivity contribution in [1.29, 1.82) is 0 Å². The van der Waals surface area contributed by atoms with E-state index in [0.717, 1.165) is 19.5 Å². The van der Waals surface area contributed by atoms with E-state index in [1.54, 1.807) is 0 Å². The first kappa shape index (κ1) is 11.0. The second-order valence-corrected chi connectivity index (χ2v) is 5.28. The summed E-state index contributed by atoms with van der Waals surface area (Å²) in [5, 5.41) is 0. The van der Waals surface area contributed by atoms with E-state index in [-0.39, 0.29) is 0 Å². The summed E-state index contributed by atoms with van der Waals surface area (Å²) in [6, 6.07) is 0. The van der Waals surface area contributed by atoms with E-state index < -0.39 is 0 Å². The molecule has 2 nitrogen and oxygen atoms in total. The number of halogens is 1. The van der Waals surface area contributed by atoms with Crippen LogP contribution in [0, 0.1) is 5.92 Å². The third-order valence-corrected chi connectivity index (χ3v) is 3.09. The molecule has 1 saturated heterocycles. The second kappa shape index (κ2) is 4.99. The highest BCUT2D eigenvalue weighted by molar-refractivity contribution is 9.09. The maximum Gasteiger partial charge on any atom is 0.222 e. The van der Waals surface area contributed by atoms with Crippen molar-refractivity contribution in [3.8, 4) is 0 Å². The molecule has 0 aliphatic carbocycles. The highest BCUT2D eigenvalue weighted by Gasteiger charge is 2.25. The average molecular weight is 248 g/mol. The molecular formula is C10H18BrNO. The number of nitrogens with zero attached hydrogens (tertiary/aromatic N) is 1. The number of rotatable bonds is 2. The van der Waals surface area contributed by atoms with Crippen LogP contribution in [-0.4, -0.2) is 28.7 Å². The zero-order valence-electron chi connectivity index (χ0n) is 8.42. The number of likely N-dealkylation sites (tertiary alicyclic amines) is 1. The summed E-state index contributed by atoms with van der Waals surface area (Å²) >= 11 is 3.59. The number of carbonyl (C=O) groups is 1. The summed E-state index contributed by atoms with van der Waals surface area (Å²) in [7, 11) is 0. The predicted molar refractivity (Wildman–Crippen MR) is 58.0 cm³/mol. The molecule has 2 unspecified atom stereocenters. The van der Waals surface area contributed by atoms with Gasteiger partial charge in [0.05, 0.1) is 0 Å². The second-order valence-electron chi connectivity index (χ2n) is 3.99. The smallest absolute Gasteiger partial charge is 0.222 e. The van der Waals surface area contributed by atoms with Gasteiger partial charge < -0.3 is 4.90 Å². The summed E-state index contributed by atoms with van der Waals surface area (Å²) in [6.45, 7) is 6.10. The van der Waals surface area contributed by atoms with E-state index in [9.17, 15) is 4.79 Å². The highest BCUT2D eigenvalue weighted by Crippen LogP contribution is 2.22. The number of hydrogen-bond donors (Lipinski definition) is 0. The van der Waals surface area contributed by atoms with Crippen molar-refractivity contribution in [2.45, 2.75) is 37.9 Å². The lowest BCUT2D eigenvalue weighted by Gasteiger charge is -2.34. The molecule has 0 aromatic carbocycles. The minimum Gasteiger partial charge on any atom is -0.341 e. The van der Waals surface area contributed by atoms with Gasteiger partial charge in [0.2, 0.25) is 5.91 Å². The number of carbonyl (C=O) groups excluding carboxylic acids is 1. The Morgan fingerprint density at radius 3 is 2.77 bits per heavy atom. The van der Waals surface area contributed by atoms with Gasteiger partial charge in [0, 0.05) is 24.3 Å². The van der Waals surface area contributed by atoms with Crippen LogP contribution in [0.5, 0.6) is 0 Å². The molecule has 3 heteroatoms. The summed E-state index contributed by atoms with van der Waals surface area (Å²) in [5.74, 6) is 0.956. The van der Waals surface area contributed by atoms with Gasteiger partial charge in [0.25, 0.3) is 0 Å². The Bertz CT molecular complexity index is 174. The zero-order valence-corrected chi connectivity index (χ0v) is 10.0. The van der Waals surface area contributed by atoms with Crippen molar-refractivity contribution in [2.24, 2.45) is 5.92 Å². The van der Waals surface area contributed by atoms with Crippen molar-refractivity contribution in [3.05, 3.63) is 0 Å². The topological polar surface area (TPSA) is 20.3 Å². The molecule has 1 amide bonds. The van der Waals surface area contributed by atoms with Crippen molar-refractivity contribution < 1.29 is 4.79 Å². The molecule has 0 radical (unpaired) electrons. The minimum absolute atomic E-state index is 0.318. The van der Waals surface area contributed by atoms with Crippen LogP contribution in [0.25, 0.3) is 0 Å². The molecule has 1 aliphatic rings. The molecule has 1 aliphatic heterocycles. The molecule has 13 heavy (non-hydrogen) atoms. The quantitative estimate of drug-likeness (QED) is 0.687. The fraction of sp³-hybridized carbons (Fsp3) is 0.900. The normalized spacial score (nSPS) is 29.0. The number of piperidine rings is 1. The first-order valence-corrected chi connectivity index (χ1v) is 5.97. The maximum absolute atomic E-state index is 11.6. The SMILES string of the molecule is CCCC(=O)N1CC(C)CC(Br)C1. The van der Waals surface area contributed by atoms with Crippen LogP contribution in [0.2, 0.25) is 0 Å². The molecule has 0 aromatic rings. The zero-order chi connectivity index (χ0) is 9.84. The van der Waals surface area contributed by atoms with E-state index in [1.165, 1.54) is 6.42 Å². The predicted octanol–water partition coefficient (Wildman–Crippen LogP) is 2.42. The Labute approximate surface area is 88.8 Å². The van der Waals surface area contributed by atoms with Crippen LogP contribution in [-0.2, 0) is 4.79 Å². The maximum atomic E-state index is 11.6. The third kappa shape index (κ3) is 3.29. The van der Waals surface area contributed by atoms with E-state index in [4.69, 9.17) is 0 Å². The van der Waals surface area contributed by atoms with Crippen LogP contribution in [0.1, 0.15) is 33.1 Å².